The van der Waals surface area contributed by atoms with Crippen LogP contribution in [0.5, 0.6) is 11.5 Å². The van der Waals surface area contributed by atoms with Crippen molar-refractivity contribution < 1.29 is 9.47 Å². The van der Waals surface area contributed by atoms with E-state index in [4.69, 9.17) is 9.47 Å². The zero-order valence-electron chi connectivity index (χ0n) is 13.1. The van der Waals surface area contributed by atoms with Crippen LogP contribution in [0.15, 0.2) is 42.2 Å². The largest absolute Gasteiger partial charge is 0.493 e. The average molecular weight is 338 g/mol. The molecule has 6 nitrogen and oxygen atoms in total. The van der Waals surface area contributed by atoms with Crippen LogP contribution >= 0.6 is 11.3 Å². The van der Waals surface area contributed by atoms with E-state index in [9.17, 15) is 0 Å². The van der Waals surface area contributed by atoms with E-state index in [1.807, 2.05) is 29.8 Å². The molecule has 0 aliphatic rings. The molecule has 24 heavy (non-hydrogen) atoms. The molecule has 0 unspecified atom stereocenters. The fourth-order valence-corrected chi connectivity index (χ4v) is 3.27. The Balaban J connectivity index is 1.80. The van der Waals surface area contributed by atoms with Crippen molar-refractivity contribution >= 4 is 44.0 Å². The monoisotopic (exact) mass is 338 g/mol. The summed E-state index contributed by atoms with van der Waals surface area (Å²) in [5.41, 5.74) is 4.56. The van der Waals surface area contributed by atoms with E-state index in [0.717, 1.165) is 26.8 Å². The van der Waals surface area contributed by atoms with Crippen LogP contribution in [0.2, 0.25) is 0 Å². The van der Waals surface area contributed by atoms with E-state index < -0.39 is 0 Å². The summed E-state index contributed by atoms with van der Waals surface area (Å²) >= 11 is 1.61. The van der Waals surface area contributed by atoms with Gasteiger partial charge in [0.05, 0.1) is 35.5 Å². The maximum Gasteiger partial charge on any atom is 0.162 e. The molecule has 120 valence electrons. The van der Waals surface area contributed by atoms with Gasteiger partial charge in [-0.25, -0.2) is 15.0 Å². The molecule has 2 aromatic carbocycles. The Kier molecular flexibility index (Phi) is 3.62. The topological polar surface area (TPSA) is 69.2 Å². The lowest BCUT2D eigenvalue weighted by Gasteiger charge is -2.12. The second kappa shape index (κ2) is 5.93. The summed E-state index contributed by atoms with van der Waals surface area (Å²) < 4.78 is 11.8. The molecule has 4 aromatic rings. The number of anilines is 2. The van der Waals surface area contributed by atoms with Gasteiger partial charge in [-0.05, 0) is 24.3 Å². The molecular weight excluding hydrogens is 324 g/mol. The Hall–Kier alpha value is -2.93. The summed E-state index contributed by atoms with van der Waals surface area (Å²) in [7, 11) is 3.21. The minimum atomic E-state index is 0.640. The van der Waals surface area contributed by atoms with Gasteiger partial charge in [-0.3, -0.25) is 0 Å². The summed E-state index contributed by atoms with van der Waals surface area (Å²) in [5, 5.41) is 4.21. The van der Waals surface area contributed by atoms with Crippen molar-refractivity contribution in [2.45, 2.75) is 0 Å². The second-order valence-electron chi connectivity index (χ2n) is 5.11. The molecule has 0 bridgehead atoms. The molecule has 0 fully saturated rings. The summed E-state index contributed by atoms with van der Waals surface area (Å²) in [6, 6.07) is 9.74. The quantitative estimate of drug-likeness (QED) is 0.606. The molecule has 2 heterocycles. The molecule has 0 saturated carbocycles. The van der Waals surface area contributed by atoms with Crippen molar-refractivity contribution in [3.63, 3.8) is 0 Å². The van der Waals surface area contributed by atoms with Gasteiger partial charge in [0.15, 0.2) is 11.5 Å². The van der Waals surface area contributed by atoms with Gasteiger partial charge < -0.3 is 14.8 Å². The van der Waals surface area contributed by atoms with Crippen molar-refractivity contribution in [2.75, 3.05) is 19.5 Å². The van der Waals surface area contributed by atoms with Crippen LogP contribution in [0, 0.1) is 0 Å². The number of thiazole rings is 1. The Morgan fingerprint density at radius 2 is 1.75 bits per heavy atom. The van der Waals surface area contributed by atoms with Crippen LogP contribution in [0.25, 0.3) is 21.1 Å². The molecule has 0 amide bonds. The Bertz CT molecular complexity index is 1030. The van der Waals surface area contributed by atoms with Crippen LogP contribution in [-0.2, 0) is 0 Å². The molecule has 1 N–H and O–H groups in total. The number of nitrogens with one attached hydrogen (secondary N) is 1. The highest BCUT2D eigenvalue weighted by Crippen LogP contribution is 2.34. The van der Waals surface area contributed by atoms with Gasteiger partial charge in [-0.2, -0.15) is 0 Å². The summed E-state index contributed by atoms with van der Waals surface area (Å²) in [6.45, 7) is 0. The third kappa shape index (κ3) is 2.48. The SMILES string of the molecule is COc1cc2ncnc(Nc3ccc4ncsc4c3)c2cc1OC. The van der Waals surface area contributed by atoms with E-state index in [1.165, 1.54) is 6.33 Å². The van der Waals surface area contributed by atoms with Crippen LogP contribution in [-0.4, -0.2) is 29.2 Å². The maximum absolute atomic E-state index is 5.38. The lowest BCUT2D eigenvalue weighted by atomic mass is 10.2. The molecule has 0 aliphatic carbocycles. The lowest BCUT2D eigenvalue weighted by molar-refractivity contribution is 0.356. The number of benzene rings is 2. The first-order valence-corrected chi connectivity index (χ1v) is 8.13. The van der Waals surface area contributed by atoms with Gasteiger partial charge >= 0.3 is 0 Å². The van der Waals surface area contributed by atoms with Gasteiger partial charge in [-0.15, -0.1) is 11.3 Å². The molecule has 0 radical (unpaired) electrons. The number of rotatable bonds is 4. The molecule has 0 atom stereocenters. The number of aromatic nitrogens is 3. The fraction of sp³-hybridized carbons (Fsp3) is 0.118. The highest BCUT2D eigenvalue weighted by atomic mass is 32.1. The Morgan fingerprint density at radius 3 is 2.58 bits per heavy atom. The number of nitrogens with zero attached hydrogens (tertiary/aromatic N) is 3. The second-order valence-corrected chi connectivity index (χ2v) is 5.99. The van der Waals surface area contributed by atoms with Crippen molar-refractivity contribution in [1.29, 1.82) is 0 Å². The number of hydrogen-bond acceptors (Lipinski definition) is 7. The smallest absolute Gasteiger partial charge is 0.162 e. The van der Waals surface area contributed by atoms with E-state index >= 15 is 0 Å². The van der Waals surface area contributed by atoms with E-state index in [-0.39, 0.29) is 0 Å². The maximum atomic E-state index is 5.38. The summed E-state index contributed by atoms with van der Waals surface area (Å²) in [5.74, 6) is 1.99. The third-order valence-electron chi connectivity index (χ3n) is 3.73. The zero-order chi connectivity index (χ0) is 16.5. The molecule has 0 saturated heterocycles. The first kappa shape index (κ1) is 14.6. The number of fused-ring (bicyclic) bond motifs is 2. The third-order valence-corrected chi connectivity index (χ3v) is 4.53. The predicted molar refractivity (Wildman–Crippen MR) is 95.5 cm³/mol. The molecule has 4 rings (SSSR count). The molecule has 0 aliphatic heterocycles. The number of hydrogen-bond donors (Lipinski definition) is 1. The van der Waals surface area contributed by atoms with Crippen LogP contribution < -0.4 is 14.8 Å². The number of methoxy groups -OCH3 is 2. The Morgan fingerprint density at radius 1 is 0.917 bits per heavy atom. The zero-order valence-corrected chi connectivity index (χ0v) is 13.9. The van der Waals surface area contributed by atoms with Crippen LogP contribution in [0.4, 0.5) is 11.5 Å². The highest BCUT2D eigenvalue weighted by Gasteiger charge is 2.11. The average Bonchev–Trinajstić information content (AvgIpc) is 3.08. The number of ether oxygens (including phenoxy) is 2. The van der Waals surface area contributed by atoms with E-state index in [0.29, 0.717) is 17.3 Å². The minimum Gasteiger partial charge on any atom is -0.493 e. The fourth-order valence-electron chi connectivity index (χ4n) is 2.55. The first-order chi connectivity index (χ1) is 11.8. The molecule has 0 spiro atoms. The van der Waals surface area contributed by atoms with Crippen LogP contribution in [0.1, 0.15) is 0 Å². The van der Waals surface area contributed by atoms with Crippen molar-refractivity contribution in [3.8, 4) is 11.5 Å². The van der Waals surface area contributed by atoms with Gasteiger partial charge in [0.1, 0.15) is 12.1 Å². The minimum absolute atomic E-state index is 0.640. The molecule has 2 aromatic heterocycles. The van der Waals surface area contributed by atoms with E-state index in [1.54, 1.807) is 25.6 Å². The van der Waals surface area contributed by atoms with E-state index in [2.05, 4.69) is 26.3 Å². The Labute approximate surface area is 142 Å². The van der Waals surface area contributed by atoms with Crippen molar-refractivity contribution in [3.05, 3.63) is 42.2 Å². The normalized spacial score (nSPS) is 10.9. The molecule has 7 heteroatoms. The highest BCUT2D eigenvalue weighted by molar-refractivity contribution is 7.16. The molecular formula is C17H14N4O2S. The summed E-state index contributed by atoms with van der Waals surface area (Å²) in [6.07, 6.45) is 1.53. The first-order valence-electron chi connectivity index (χ1n) is 7.25. The van der Waals surface area contributed by atoms with Gasteiger partial charge in [0.2, 0.25) is 0 Å². The van der Waals surface area contributed by atoms with Crippen molar-refractivity contribution in [1.82, 2.24) is 15.0 Å². The van der Waals surface area contributed by atoms with Crippen LogP contribution in [0.3, 0.4) is 0 Å². The standard InChI is InChI=1S/C17H14N4O2S/c1-22-14-6-11-13(7-15(14)23-2)18-8-19-17(11)21-10-3-4-12-16(5-10)24-9-20-12/h3-9H,1-2H3,(H,18,19,21). The predicted octanol–water partition coefficient (Wildman–Crippen LogP) is 4.00. The summed E-state index contributed by atoms with van der Waals surface area (Å²) in [4.78, 5) is 13.0. The lowest BCUT2D eigenvalue weighted by Crippen LogP contribution is -1.97. The van der Waals surface area contributed by atoms with Gasteiger partial charge in [0, 0.05) is 17.1 Å². The van der Waals surface area contributed by atoms with Gasteiger partial charge in [0.25, 0.3) is 0 Å². The van der Waals surface area contributed by atoms with Crippen molar-refractivity contribution in [2.24, 2.45) is 0 Å². The van der Waals surface area contributed by atoms with Gasteiger partial charge in [-0.1, -0.05) is 0 Å².